The molecule has 14 heavy (non-hydrogen) atoms. The van der Waals surface area contributed by atoms with Gasteiger partial charge in [0.1, 0.15) is 5.75 Å². The second-order valence-electron chi connectivity index (χ2n) is 3.51. The molecule has 3 nitrogen and oxygen atoms in total. The first-order valence-electron chi connectivity index (χ1n) is 4.69. The number of hydrazine groups is 1. The zero-order chi connectivity index (χ0) is 10.7. The van der Waals surface area contributed by atoms with Gasteiger partial charge >= 0.3 is 0 Å². The maximum absolute atomic E-state index is 5.34. The van der Waals surface area contributed by atoms with Crippen LogP contribution in [0.4, 0.5) is 0 Å². The normalized spacial score (nSPS) is 10.4. The second kappa shape index (κ2) is 4.44. The molecule has 0 atom stereocenters. The van der Waals surface area contributed by atoms with E-state index in [0.29, 0.717) is 6.54 Å². The molecule has 0 fully saturated rings. The van der Waals surface area contributed by atoms with Gasteiger partial charge in [-0.05, 0) is 49.1 Å². The van der Waals surface area contributed by atoms with Crippen LogP contribution in [0.15, 0.2) is 6.07 Å². The SMILES string of the molecule is COc1cc(C)c(CNN)c(C)c1C. The van der Waals surface area contributed by atoms with Gasteiger partial charge in [0, 0.05) is 6.54 Å². The topological polar surface area (TPSA) is 47.3 Å². The number of nitrogens with one attached hydrogen (secondary N) is 1. The number of ether oxygens (including phenoxy) is 1. The highest BCUT2D eigenvalue weighted by molar-refractivity contribution is 5.47. The molecule has 0 aliphatic rings. The Morgan fingerprint density at radius 2 is 1.93 bits per heavy atom. The van der Waals surface area contributed by atoms with E-state index in [0.717, 1.165) is 5.75 Å². The van der Waals surface area contributed by atoms with Crippen LogP contribution in [-0.4, -0.2) is 7.11 Å². The Kier molecular flexibility index (Phi) is 3.49. The number of rotatable bonds is 3. The number of hydrogen-bond acceptors (Lipinski definition) is 3. The van der Waals surface area contributed by atoms with Gasteiger partial charge in [-0.2, -0.15) is 0 Å². The van der Waals surface area contributed by atoms with Crippen LogP contribution in [0.5, 0.6) is 5.75 Å². The Labute approximate surface area is 85.2 Å². The second-order valence-corrected chi connectivity index (χ2v) is 3.51. The third kappa shape index (κ3) is 1.89. The third-order valence-corrected chi connectivity index (χ3v) is 2.71. The van der Waals surface area contributed by atoms with Gasteiger partial charge in [0.15, 0.2) is 0 Å². The minimum absolute atomic E-state index is 0.697. The maximum Gasteiger partial charge on any atom is 0.122 e. The molecule has 0 radical (unpaired) electrons. The fourth-order valence-corrected chi connectivity index (χ4v) is 1.68. The fraction of sp³-hybridized carbons (Fsp3) is 0.455. The summed E-state index contributed by atoms with van der Waals surface area (Å²) in [7, 11) is 1.70. The average Bonchev–Trinajstić information content (AvgIpc) is 2.18. The zero-order valence-corrected chi connectivity index (χ0v) is 9.27. The Bertz CT molecular complexity index is 335. The quantitative estimate of drug-likeness (QED) is 0.567. The van der Waals surface area contributed by atoms with E-state index in [-0.39, 0.29) is 0 Å². The molecule has 78 valence electrons. The summed E-state index contributed by atoms with van der Waals surface area (Å²) in [6, 6.07) is 2.05. The van der Waals surface area contributed by atoms with Crippen LogP contribution in [0, 0.1) is 20.8 Å². The summed E-state index contributed by atoms with van der Waals surface area (Å²) in [6.45, 7) is 6.93. The van der Waals surface area contributed by atoms with Crippen molar-refractivity contribution in [3.05, 3.63) is 28.3 Å². The first-order chi connectivity index (χ1) is 6.61. The van der Waals surface area contributed by atoms with Crippen molar-refractivity contribution >= 4 is 0 Å². The Hall–Kier alpha value is -1.06. The first-order valence-corrected chi connectivity index (χ1v) is 4.69. The first kappa shape index (κ1) is 11.0. The summed E-state index contributed by atoms with van der Waals surface area (Å²) >= 11 is 0. The number of nitrogens with two attached hydrogens (primary N) is 1. The monoisotopic (exact) mass is 194 g/mol. The van der Waals surface area contributed by atoms with Crippen LogP contribution in [0.1, 0.15) is 22.3 Å². The number of hydrogen-bond donors (Lipinski definition) is 2. The van der Waals surface area contributed by atoms with E-state index in [9.17, 15) is 0 Å². The molecular formula is C11H18N2O. The lowest BCUT2D eigenvalue weighted by atomic mass is 9.97. The van der Waals surface area contributed by atoms with Crippen molar-refractivity contribution in [3.8, 4) is 5.75 Å². The molecule has 0 aliphatic heterocycles. The lowest BCUT2D eigenvalue weighted by Gasteiger charge is -2.15. The van der Waals surface area contributed by atoms with Gasteiger partial charge in [0.05, 0.1) is 7.11 Å². The van der Waals surface area contributed by atoms with Crippen LogP contribution in [-0.2, 0) is 6.54 Å². The van der Waals surface area contributed by atoms with Crippen LogP contribution in [0.3, 0.4) is 0 Å². The molecule has 0 unspecified atom stereocenters. The summed E-state index contributed by atoms with van der Waals surface area (Å²) in [6.07, 6.45) is 0. The summed E-state index contributed by atoms with van der Waals surface area (Å²) in [5.41, 5.74) is 7.59. The summed E-state index contributed by atoms with van der Waals surface area (Å²) in [5.74, 6) is 6.28. The zero-order valence-electron chi connectivity index (χ0n) is 9.27. The van der Waals surface area contributed by atoms with E-state index in [4.69, 9.17) is 10.6 Å². The number of aryl methyl sites for hydroxylation is 1. The highest BCUT2D eigenvalue weighted by Crippen LogP contribution is 2.27. The van der Waals surface area contributed by atoms with Crippen molar-refractivity contribution in [1.82, 2.24) is 5.43 Å². The average molecular weight is 194 g/mol. The van der Waals surface area contributed by atoms with Gasteiger partial charge in [-0.15, -0.1) is 0 Å². The predicted octanol–water partition coefficient (Wildman–Crippen LogP) is 1.58. The molecule has 1 aromatic rings. The molecule has 0 aromatic heterocycles. The van der Waals surface area contributed by atoms with Gasteiger partial charge in [-0.25, -0.2) is 0 Å². The Balaban J connectivity index is 3.26. The largest absolute Gasteiger partial charge is 0.496 e. The number of benzene rings is 1. The minimum Gasteiger partial charge on any atom is -0.496 e. The molecule has 0 amide bonds. The van der Waals surface area contributed by atoms with Crippen molar-refractivity contribution in [2.75, 3.05) is 7.11 Å². The van der Waals surface area contributed by atoms with Crippen LogP contribution >= 0.6 is 0 Å². The van der Waals surface area contributed by atoms with Gasteiger partial charge < -0.3 is 4.74 Å². The molecule has 0 bridgehead atoms. The molecule has 0 spiro atoms. The molecule has 1 rings (SSSR count). The summed E-state index contributed by atoms with van der Waals surface area (Å²) in [4.78, 5) is 0. The van der Waals surface area contributed by atoms with E-state index < -0.39 is 0 Å². The predicted molar refractivity (Wildman–Crippen MR) is 58.2 cm³/mol. The molecule has 0 aliphatic carbocycles. The smallest absolute Gasteiger partial charge is 0.122 e. The van der Waals surface area contributed by atoms with Crippen molar-refractivity contribution in [1.29, 1.82) is 0 Å². The van der Waals surface area contributed by atoms with Gasteiger partial charge in [-0.3, -0.25) is 11.3 Å². The van der Waals surface area contributed by atoms with Crippen molar-refractivity contribution in [2.45, 2.75) is 27.3 Å². The van der Waals surface area contributed by atoms with E-state index in [2.05, 4.69) is 32.3 Å². The third-order valence-electron chi connectivity index (χ3n) is 2.71. The molecule has 0 heterocycles. The van der Waals surface area contributed by atoms with Crippen molar-refractivity contribution in [2.24, 2.45) is 5.84 Å². The number of methoxy groups -OCH3 is 1. The maximum atomic E-state index is 5.34. The molecule has 1 aromatic carbocycles. The van der Waals surface area contributed by atoms with E-state index in [1.54, 1.807) is 7.11 Å². The van der Waals surface area contributed by atoms with Crippen LogP contribution in [0.25, 0.3) is 0 Å². The molecule has 0 saturated carbocycles. The highest BCUT2D eigenvalue weighted by Gasteiger charge is 2.09. The van der Waals surface area contributed by atoms with Crippen LogP contribution in [0.2, 0.25) is 0 Å². The van der Waals surface area contributed by atoms with Gasteiger partial charge in [-0.1, -0.05) is 0 Å². The molecule has 3 N–H and O–H groups in total. The van der Waals surface area contributed by atoms with E-state index >= 15 is 0 Å². The lowest BCUT2D eigenvalue weighted by Crippen LogP contribution is -2.22. The highest BCUT2D eigenvalue weighted by atomic mass is 16.5. The summed E-state index contributed by atoms with van der Waals surface area (Å²) < 4.78 is 5.29. The van der Waals surface area contributed by atoms with Crippen LogP contribution < -0.4 is 16.0 Å². The summed E-state index contributed by atoms with van der Waals surface area (Å²) in [5, 5.41) is 0. The molecule has 3 heteroatoms. The van der Waals surface area contributed by atoms with Gasteiger partial charge in [0.25, 0.3) is 0 Å². The molecular weight excluding hydrogens is 176 g/mol. The fourth-order valence-electron chi connectivity index (χ4n) is 1.68. The van der Waals surface area contributed by atoms with E-state index in [1.165, 1.54) is 22.3 Å². The standard InChI is InChI=1S/C11H18N2O/c1-7-5-11(14-4)9(3)8(2)10(7)6-13-12/h5,13H,6,12H2,1-4H3. The van der Waals surface area contributed by atoms with Gasteiger partial charge in [0.2, 0.25) is 0 Å². The van der Waals surface area contributed by atoms with E-state index in [1.807, 2.05) is 0 Å². The van der Waals surface area contributed by atoms with Crippen molar-refractivity contribution in [3.63, 3.8) is 0 Å². The molecule has 0 saturated heterocycles. The van der Waals surface area contributed by atoms with Crippen molar-refractivity contribution < 1.29 is 4.74 Å². The lowest BCUT2D eigenvalue weighted by molar-refractivity contribution is 0.410. The minimum atomic E-state index is 0.697. The Morgan fingerprint density at radius 3 is 2.43 bits per heavy atom. The Morgan fingerprint density at radius 1 is 1.29 bits per heavy atom.